The van der Waals surface area contributed by atoms with Crippen LogP contribution in [0.2, 0.25) is 0 Å². The molecule has 0 unspecified atom stereocenters. The highest BCUT2D eigenvalue weighted by Crippen LogP contribution is 2.31. The van der Waals surface area contributed by atoms with Gasteiger partial charge in [0.25, 0.3) is 0 Å². The summed E-state index contributed by atoms with van der Waals surface area (Å²) in [5.41, 5.74) is 5.83. The number of thioether (sulfide) groups is 1. The maximum Gasteiger partial charge on any atom is 0.306 e. The van der Waals surface area contributed by atoms with E-state index in [1.165, 1.54) is 0 Å². The number of carbonyl (C=O) groups excluding carboxylic acids is 1. The number of esters is 1. The van der Waals surface area contributed by atoms with Crippen molar-refractivity contribution in [2.45, 2.75) is 38.1 Å². The molecule has 1 aliphatic rings. The second-order valence-corrected chi connectivity index (χ2v) is 5.81. The molecule has 0 atom stereocenters. The van der Waals surface area contributed by atoms with Gasteiger partial charge >= 0.3 is 5.97 Å². The zero-order valence-corrected chi connectivity index (χ0v) is 11.9. The molecule has 1 aromatic heterocycles. The standard InChI is InChI=1S/C12H19N3O3S/c1-2-17-10(16)4-3-9-14-11(15-18-9)12(13)5-7-19-8-6-12/h2-8,13H2,1H3. The molecule has 0 aliphatic carbocycles. The number of nitrogens with zero attached hydrogens (tertiary/aromatic N) is 2. The molecule has 0 bridgehead atoms. The van der Waals surface area contributed by atoms with Crippen LogP contribution >= 0.6 is 11.8 Å². The highest BCUT2D eigenvalue weighted by molar-refractivity contribution is 7.99. The van der Waals surface area contributed by atoms with Gasteiger partial charge in [-0.25, -0.2) is 0 Å². The van der Waals surface area contributed by atoms with E-state index in [9.17, 15) is 4.79 Å². The summed E-state index contributed by atoms with van der Waals surface area (Å²) in [6.45, 7) is 2.17. The van der Waals surface area contributed by atoms with Crippen LogP contribution in [0.4, 0.5) is 0 Å². The second kappa shape index (κ2) is 6.38. The summed E-state index contributed by atoms with van der Waals surface area (Å²) in [5, 5.41) is 3.96. The molecule has 1 aromatic rings. The van der Waals surface area contributed by atoms with Gasteiger partial charge < -0.3 is 15.0 Å². The van der Waals surface area contributed by atoms with Gasteiger partial charge in [0.1, 0.15) is 0 Å². The first-order valence-electron chi connectivity index (χ1n) is 6.49. The van der Waals surface area contributed by atoms with E-state index in [1.807, 2.05) is 11.8 Å². The van der Waals surface area contributed by atoms with Crippen molar-refractivity contribution in [3.8, 4) is 0 Å². The predicted octanol–water partition coefficient (Wildman–Crippen LogP) is 1.25. The van der Waals surface area contributed by atoms with E-state index in [4.69, 9.17) is 15.0 Å². The SMILES string of the molecule is CCOC(=O)CCc1nc(C2(N)CCSCC2)no1. The number of ether oxygens (including phenoxy) is 1. The molecule has 0 saturated carbocycles. The number of rotatable bonds is 5. The first-order chi connectivity index (χ1) is 9.14. The van der Waals surface area contributed by atoms with E-state index in [0.29, 0.717) is 24.7 Å². The lowest BCUT2D eigenvalue weighted by atomic mass is 9.93. The van der Waals surface area contributed by atoms with Crippen molar-refractivity contribution >= 4 is 17.7 Å². The van der Waals surface area contributed by atoms with Crippen LogP contribution in [0.5, 0.6) is 0 Å². The lowest BCUT2D eigenvalue weighted by Gasteiger charge is -2.29. The number of nitrogens with two attached hydrogens (primary N) is 1. The highest BCUT2D eigenvalue weighted by atomic mass is 32.2. The van der Waals surface area contributed by atoms with Gasteiger partial charge in [0.15, 0.2) is 5.82 Å². The molecule has 2 rings (SSSR count). The fourth-order valence-electron chi connectivity index (χ4n) is 1.96. The molecular formula is C12H19N3O3S. The maximum absolute atomic E-state index is 11.2. The van der Waals surface area contributed by atoms with Crippen LogP contribution in [0.15, 0.2) is 4.52 Å². The van der Waals surface area contributed by atoms with Crippen LogP contribution in [0.1, 0.15) is 37.9 Å². The van der Waals surface area contributed by atoms with E-state index < -0.39 is 5.54 Å². The van der Waals surface area contributed by atoms with E-state index in [2.05, 4.69) is 10.1 Å². The van der Waals surface area contributed by atoms with Crippen molar-refractivity contribution in [3.63, 3.8) is 0 Å². The largest absolute Gasteiger partial charge is 0.466 e. The Hall–Kier alpha value is -1.08. The minimum absolute atomic E-state index is 0.251. The van der Waals surface area contributed by atoms with Gasteiger partial charge in [0.05, 0.1) is 18.6 Å². The maximum atomic E-state index is 11.2. The van der Waals surface area contributed by atoms with Crippen molar-refractivity contribution in [2.24, 2.45) is 5.73 Å². The van der Waals surface area contributed by atoms with Gasteiger partial charge in [0.2, 0.25) is 5.89 Å². The fourth-order valence-corrected chi connectivity index (χ4v) is 3.18. The van der Waals surface area contributed by atoms with Crippen LogP contribution in [0.3, 0.4) is 0 Å². The van der Waals surface area contributed by atoms with E-state index in [0.717, 1.165) is 24.3 Å². The van der Waals surface area contributed by atoms with Gasteiger partial charge in [0, 0.05) is 6.42 Å². The van der Waals surface area contributed by atoms with Crippen LogP contribution in [-0.4, -0.2) is 34.2 Å². The van der Waals surface area contributed by atoms with Crippen molar-refractivity contribution in [2.75, 3.05) is 18.1 Å². The van der Waals surface area contributed by atoms with Crippen molar-refractivity contribution in [1.82, 2.24) is 10.1 Å². The third kappa shape index (κ3) is 3.70. The number of carbonyl (C=O) groups is 1. The summed E-state index contributed by atoms with van der Waals surface area (Å²) in [4.78, 5) is 15.6. The molecule has 1 saturated heterocycles. The minimum atomic E-state index is -0.475. The summed E-state index contributed by atoms with van der Waals surface area (Å²) >= 11 is 1.89. The van der Waals surface area contributed by atoms with E-state index in [1.54, 1.807) is 6.92 Å². The molecule has 7 heteroatoms. The van der Waals surface area contributed by atoms with E-state index in [-0.39, 0.29) is 12.4 Å². The molecule has 0 spiro atoms. The van der Waals surface area contributed by atoms with Crippen molar-refractivity contribution in [1.29, 1.82) is 0 Å². The number of aromatic nitrogens is 2. The molecule has 0 amide bonds. The average Bonchev–Trinajstić information content (AvgIpc) is 2.87. The van der Waals surface area contributed by atoms with Gasteiger partial charge in [-0.3, -0.25) is 4.79 Å². The number of aryl methyl sites for hydroxylation is 1. The Kier molecular flexibility index (Phi) is 4.81. The van der Waals surface area contributed by atoms with Gasteiger partial charge in [-0.2, -0.15) is 16.7 Å². The van der Waals surface area contributed by atoms with Crippen LogP contribution in [0.25, 0.3) is 0 Å². The predicted molar refractivity (Wildman–Crippen MR) is 71.7 cm³/mol. The number of hydrogen-bond donors (Lipinski definition) is 1. The second-order valence-electron chi connectivity index (χ2n) is 4.59. The average molecular weight is 285 g/mol. The molecule has 0 radical (unpaired) electrons. The molecule has 2 N–H and O–H groups in total. The zero-order valence-electron chi connectivity index (χ0n) is 11.1. The smallest absolute Gasteiger partial charge is 0.306 e. The van der Waals surface area contributed by atoms with E-state index >= 15 is 0 Å². The van der Waals surface area contributed by atoms with Crippen LogP contribution in [-0.2, 0) is 21.5 Å². The monoisotopic (exact) mass is 285 g/mol. The quantitative estimate of drug-likeness (QED) is 0.814. The molecule has 6 nitrogen and oxygen atoms in total. The Morgan fingerprint density at radius 2 is 2.26 bits per heavy atom. The molecule has 2 heterocycles. The van der Waals surface area contributed by atoms with Crippen molar-refractivity contribution in [3.05, 3.63) is 11.7 Å². The molecular weight excluding hydrogens is 266 g/mol. The summed E-state index contributed by atoms with van der Waals surface area (Å²) in [5.74, 6) is 2.79. The molecule has 19 heavy (non-hydrogen) atoms. The fraction of sp³-hybridized carbons (Fsp3) is 0.750. The van der Waals surface area contributed by atoms with Gasteiger partial charge in [-0.1, -0.05) is 5.16 Å². The molecule has 0 aromatic carbocycles. The van der Waals surface area contributed by atoms with Crippen molar-refractivity contribution < 1.29 is 14.1 Å². The lowest BCUT2D eigenvalue weighted by Crippen LogP contribution is -2.41. The highest BCUT2D eigenvalue weighted by Gasteiger charge is 2.34. The Bertz CT molecular complexity index is 430. The lowest BCUT2D eigenvalue weighted by molar-refractivity contribution is -0.143. The normalized spacial score (nSPS) is 18.2. The molecule has 106 valence electrons. The first kappa shape index (κ1) is 14.3. The van der Waals surface area contributed by atoms with Gasteiger partial charge in [-0.05, 0) is 31.3 Å². The summed E-state index contributed by atoms with van der Waals surface area (Å²) in [7, 11) is 0. The summed E-state index contributed by atoms with van der Waals surface area (Å²) in [6, 6.07) is 0. The molecule has 1 fully saturated rings. The van der Waals surface area contributed by atoms with Crippen LogP contribution in [0, 0.1) is 0 Å². The molecule has 1 aliphatic heterocycles. The summed E-state index contributed by atoms with van der Waals surface area (Å²) < 4.78 is 10.0. The minimum Gasteiger partial charge on any atom is -0.466 e. The van der Waals surface area contributed by atoms with Crippen LogP contribution < -0.4 is 5.73 Å². The topological polar surface area (TPSA) is 91.2 Å². The van der Waals surface area contributed by atoms with Gasteiger partial charge in [-0.15, -0.1) is 0 Å². The Balaban J connectivity index is 1.93. The first-order valence-corrected chi connectivity index (χ1v) is 7.65. The zero-order chi connectivity index (χ0) is 13.7. The Morgan fingerprint density at radius 1 is 1.53 bits per heavy atom. The Morgan fingerprint density at radius 3 is 2.95 bits per heavy atom. The summed E-state index contributed by atoms with van der Waals surface area (Å²) in [6.07, 6.45) is 2.36. The number of hydrogen-bond acceptors (Lipinski definition) is 7. The third-order valence-corrected chi connectivity index (χ3v) is 4.13. The third-order valence-electron chi connectivity index (χ3n) is 3.15. The Labute approximate surface area is 116 Å².